The lowest BCUT2D eigenvalue weighted by molar-refractivity contribution is -0.115. The maximum atomic E-state index is 14.5. The molecule has 2 aliphatic rings. The SMILES string of the molecule is COC(=O)Nc1ccc2c(c1)NC(=O)CC=CC[C@H](N1CC[C@H](c3nccc(Cl)c3F)NC1=O)c1ncc-2[nH]1. The molecule has 1 aromatic carbocycles. The molecular formula is C26H25ClFN7O4. The molecule has 1 fully saturated rings. The van der Waals surface area contributed by atoms with E-state index < -0.39 is 30.0 Å². The third kappa shape index (κ3) is 5.55. The minimum Gasteiger partial charge on any atom is -0.453 e. The number of methoxy groups -OCH3 is 1. The molecule has 5 rings (SSSR count). The van der Waals surface area contributed by atoms with Gasteiger partial charge in [0.05, 0.1) is 47.5 Å². The Labute approximate surface area is 227 Å². The summed E-state index contributed by atoms with van der Waals surface area (Å²) in [5, 5.41) is 8.23. The Hall–Kier alpha value is -4.45. The van der Waals surface area contributed by atoms with E-state index in [0.29, 0.717) is 47.8 Å². The van der Waals surface area contributed by atoms with Crippen LogP contribution in [0.5, 0.6) is 0 Å². The van der Waals surface area contributed by atoms with Crippen LogP contribution in [0.25, 0.3) is 11.3 Å². The molecule has 13 heteroatoms. The van der Waals surface area contributed by atoms with E-state index in [1.165, 1.54) is 19.4 Å². The average Bonchev–Trinajstić information content (AvgIpc) is 3.40. The van der Waals surface area contributed by atoms with Crippen molar-refractivity contribution >= 4 is 41.0 Å². The Morgan fingerprint density at radius 3 is 2.87 bits per heavy atom. The Morgan fingerprint density at radius 1 is 1.23 bits per heavy atom. The number of benzene rings is 1. The summed E-state index contributed by atoms with van der Waals surface area (Å²) in [5.41, 5.74) is 2.25. The Morgan fingerprint density at radius 2 is 2.08 bits per heavy atom. The van der Waals surface area contributed by atoms with Crippen LogP contribution in [0.3, 0.4) is 0 Å². The minimum absolute atomic E-state index is 0.0539. The van der Waals surface area contributed by atoms with Gasteiger partial charge in [0.25, 0.3) is 0 Å². The molecule has 11 nitrogen and oxygen atoms in total. The van der Waals surface area contributed by atoms with Crippen LogP contribution in [-0.4, -0.2) is 51.5 Å². The van der Waals surface area contributed by atoms with E-state index in [1.54, 1.807) is 35.4 Å². The lowest BCUT2D eigenvalue weighted by atomic mass is 10.0. The zero-order valence-electron chi connectivity index (χ0n) is 20.8. The maximum absolute atomic E-state index is 14.5. The van der Waals surface area contributed by atoms with Crippen LogP contribution in [0.15, 0.2) is 48.8 Å². The molecule has 4 N–H and O–H groups in total. The molecule has 202 valence electrons. The number of aromatic amines is 1. The molecule has 0 saturated carbocycles. The average molecular weight is 554 g/mol. The number of aromatic nitrogens is 3. The van der Waals surface area contributed by atoms with Crippen molar-refractivity contribution in [1.29, 1.82) is 0 Å². The van der Waals surface area contributed by atoms with Crippen molar-refractivity contribution in [2.45, 2.75) is 31.3 Å². The van der Waals surface area contributed by atoms with E-state index in [9.17, 15) is 18.8 Å². The van der Waals surface area contributed by atoms with E-state index in [1.807, 2.05) is 6.08 Å². The standard InChI is InChI=1S/C26H25ClFN7O4/c1-39-26(38)31-14-6-7-15-18(12-14)32-21(36)5-3-2-4-20(24-30-13-19(15)33-24)35-11-9-17(34-25(35)37)23-22(28)16(27)8-10-29-23/h2-3,6-8,10,12-13,17,20H,4-5,9,11H2,1H3,(H,30,33)(H,31,38)(H,32,36)(H,34,37)/t17-,20+/m1/s1. The lowest BCUT2D eigenvalue weighted by Gasteiger charge is -2.37. The normalized spacial score (nSPS) is 19.2. The number of fused-ring (bicyclic) bond motifs is 4. The van der Waals surface area contributed by atoms with Gasteiger partial charge in [-0.15, -0.1) is 0 Å². The van der Waals surface area contributed by atoms with Crippen LogP contribution in [0.4, 0.5) is 25.4 Å². The first kappa shape index (κ1) is 26.2. The predicted octanol–water partition coefficient (Wildman–Crippen LogP) is 4.93. The Balaban J connectivity index is 1.43. The minimum atomic E-state index is -0.649. The number of hydrogen-bond acceptors (Lipinski definition) is 6. The van der Waals surface area contributed by atoms with Gasteiger partial charge in [-0.3, -0.25) is 15.1 Å². The molecule has 4 heterocycles. The number of anilines is 2. The molecule has 39 heavy (non-hydrogen) atoms. The molecule has 0 spiro atoms. The number of imidazole rings is 1. The number of amides is 4. The van der Waals surface area contributed by atoms with Crippen LogP contribution < -0.4 is 16.0 Å². The molecule has 2 aromatic heterocycles. The van der Waals surface area contributed by atoms with Gasteiger partial charge in [-0.1, -0.05) is 23.8 Å². The van der Waals surface area contributed by atoms with Crippen molar-refractivity contribution in [3.8, 4) is 11.3 Å². The van der Waals surface area contributed by atoms with Gasteiger partial charge >= 0.3 is 12.1 Å². The fourth-order valence-corrected chi connectivity index (χ4v) is 4.78. The smallest absolute Gasteiger partial charge is 0.411 e. The fourth-order valence-electron chi connectivity index (χ4n) is 4.63. The summed E-state index contributed by atoms with van der Waals surface area (Å²) in [6, 6.07) is 4.90. The molecule has 0 unspecified atom stereocenters. The second-order valence-electron chi connectivity index (χ2n) is 9.01. The van der Waals surface area contributed by atoms with Gasteiger partial charge in [-0.25, -0.2) is 19.0 Å². The predicted molar refractivity (Wildman–Crippen MR) is 142 cm³/mol. The highest BCUT2D eigenvalue weighted by molar-refractivity contribution is 6.30. The van der Waals surface area contributed by atoms with Gasteiger partial charge in [0, 0.05) is 30.4 Å². The second kappa shape index (κ2) is 11.1. The molecule has 2 atom stereocenters. The summed E-state index contributed by atoms with van der Waals surface area (Å²) in [6.45, 7) is 0.318. The van der Waals surface area contributed by atoms with Crippen molar-refractivity contribution in [2.75, 3.05) is 24.3 Å². The maximum Gasteiger partial charge on any atom is 0.411 e. The van der Waals surface area contributed by atoms with Crippen molar-refractivity contribution in [1.82, 2.24) is 25.2 Å². The van der Waals surface area contributed by atoms with Crippen LogP contribution >= 0.6 is 11.6 Å². The number of urea groups is 1. The summed E-state index contributed by atoms with van der Waals surface area (Å²) >= 11 is 5.91. The highest BCUT2D eigenvalue weighted by Crippen LogP contribution is 2.34. The van der Waals surface area contributed by atoms with Gasteiger partial charge in [-0.2, -0.15) is 0 Å². The quantitative estimate of drug-likeness (QED) is 0.339. The summed E-state index contributed by atoms with van der Waals surface area (Å²) < 4.78 is 19.2. The third-order valence-electron chi connectivity index (χ3n) is 6.55. The van der Waals surface area contributed by atoms with Gasteiger partial charge in [0.2, 0.25) is 5.91 Å². The number of pyridine rings is 1. The topological polar surface area (TPSA) is 141 Å². The summed E-state index contributed by atoms with van der Waals surface area (Å²) in [7, 11) is 1.26. The molecular weight excluding hydrogens is 529 g/mol. The number of H-pyrrole nitrogens is 1. The van der Waals surface area contributed by atoms with Gasteiger partial charge in [0.1, 0.15) is 5.82 Å². The number of hydrogen-bond donors (Lipinski definition) is 4. The third-order valence-corrected chi connectivity index (χ3v) is 6.84. The van der Waals surface area contributed by atoms with Gasteiger partial charge < -0.3 is 25.3 Å². The highest BCUT2D eigenvalue weighted by atomic mass is 35.5. The summed E-state index contributed by atoms with van der Waals surface area (Å²) in [6.07, 6.45) is 6.85. The van der Waals surface area contributed by atoms with Gasteiger partial charge in [0.15, 0.2) is 5.82 Å². The zero-order valence-corrected chi connectivity index (χ0v) is 21.6. The zero-order chi connectivity index (χ0) is 27.5. The second-order valence-corrected chi connectivity index (χ2v) is 9.42. The van der Waals surface area contributed by atoms with E-state index in [-0.39, 0.29) is 23.0 Å². The number of nitrogens with one attached hydrogen (secondary N) is 4. The molecule has 0 aliphatic carbocycles. The van der Waals surface area contributed by atoms with E-state index in [4.69, 9.17) is 11.6 Å². The molecule has 4 amide bonds. The fraction of sp³-hybridized carbons (Fsp3) is 0.269. The lowest BCUT2D eigenvalue weighted by Crippen LogP contribution is -2.49. The van der Waals surface area contributed by atoms with Crippen LogP contribution in [0, 0.1) is 5.82 Å². The molecule has 3 aromatic rings. The number of nitrogens with zero attached hydrogens (tertiary/aromatic N) is 3. The number of halogens is 2. The number of rotatable bonds is 3. The van der Waals surface area contributed by atoms with Crippen molar-refractivity contribution in [3.05, 3.63) is 71.2 Å². The first-order valence-corrected chi connectivity index (χ1v) is 12.6. The first-order valence-electron chi connectivity index (χ1n) is 12.2. The molecule has 2 aliphatic heterocycles. The number of ether oxygens (including phenoxy) is 1. The highest BCUT2D eigenvalue weighted by Gasteiger charge is 2.34. The number of carbonyl (C=O) groups is 3. The van der Waals surface area contributed by atoms with E-state index >= 15 is 0 Å². The number of carbonyl (C=O) groups excluding carboxylic acids is 3. The largest absolute Gasteiger partial charge is 0.453 e. The summed E-state index contributed by atoms with van der Waals surface area (Å²) in [4.78, 5) is 51.1. The van der Waals surface area contributed by atoms with Crippen LogP contribution in [0.2, 0.25) is 5.02 Å². The van der Waals surface area contributed by atoms with Gasteiger partial charge in [-0.05, 0) is 37.1 Å². The first-order chi connectivity index (χ1) is 18.8. The monoisotopic (exact) mass is 553 g/mol. The molecule has 2 bridgehead atoms. The van der Waals surface area contributed by atoms with Crippen molar-refractivity contribution < 1.29 is 23.5 Å². The molecule has 1 saturated heterocycles. The Bertz CT molecular complexity index is 1460. The van der Waals surface area contributed by atoms with E-state index in [0.717, 1.165) is 0 Å². The summed E-state index contributed by atoms with van der Waals surface area (Å²) in [5.74, 6) is -0.358. The Kier molecular flexibility index (Phi) is 7.46. The van der Waals surface area contributed by atoms with Crippen molar-refractivity contribution in [2.24, 2.45) is 0 Å². The van der Waals surface area contributed by atoms with Crippen LogP contribution in [0.1, 0.15) is 42.9 Å². The molecule has 0 radical (unpaired) electrons. The van der Waals surface area contributed by atoms with E-state index in [2.05, 4.69) is 35.6 Å². The van der Waals surface area contributed by atoms with Crippen LogP contribution in [-0.2, 0) is 9.53 Å². The van der Waals surface area contributed by atoms with Crippen molar-refractivity contribution in [3.63, 3.8) is 0 Å².